The molecule has 0 spiro atoms. The average Bonchev–Trinajstić information content (AvgIpc) is 3.18. The second-order valence-electron chi connectivity index (χ2n) is 8.66. The number of anilines is 1. The van der Waals surface area contributed by atoms with Crippen LogP contribution in [-0.4, -0.2) is 69.3 Å². The quantitative estimate of drug-likeness (QED) is 0.652. The summed E-state index contributed by atoms with van der Waals surface area (Å²) in [4.78, 5) is 29.5. The van der Waals surface area contributed by atoms with Gasteiger partial charge in [-0.15, -0.1) is 5.10 Å². The first-order valence-corrected chi connectivity index (χ1v) is 11.2. The molecular formula is C25H30N6O2. The molecule has 1 aliphatic rings. The van der Waals surface area contributed by atoms with Gasteiger partial charge in [-0.2, -0.15) is 0 Å². The van der Waals surface area contributed by atoms with Gasteiger partial charge in [-0.05, 0) is 56.5 Å². The number of carbonyl (C=O) groups is 2. The van der Waals surface area contributed by atoms with E-state index in [0.29, 0.717) is 38.4 Å². The summed E-state index contributed by atoms with van der Waals surface area (Å²) >= 11 is 0. The van der Waals surface area contributed by atoms with Gasteiger partial charge in [0.15, 0.2) is 5.69 Å². The Bertz CT molecular complexity index is 1160. The van der Waals surface area contributed by atoms with E-state index in [1.165, 1.54) is 0 Å². The van der Waals surface area contributed by atoms with Gasteiger partial charge in [-0.1, -0.05) is 35.5 Å². The predicted molar refractivity (Wildman–Crippen MR) is 128 cm³/mol. The van der Waals surface area contributed by atoms with E-state index in [-0.39, 0.29) is 11.8 Å². The number of aromatic nitrogens is 3. The first-order chi connectivity index (χ1) is 15.8. The maximum absolute atomic E-state index is 13.1. The van der Waals surface area contributed by atoms with Gasteiger partial charge in [0.2, 0.25) is 5.91 Å². The Morgan fingerprint density at radius 1 is 0.939 bits per heavy atom. The molecule has 0 unspecified atom stereocenters. The van der Waals surface area contributed by atoms with Gasteiger partial charge >= 0.3 is 0 Å². The fourth-order valence-electron chi connectivity index (χ4n) is 4.18. The zero-order valence-electron chi connectivity index (χ0n) is 19.6. The van der Waals surface area contributed by atoms with E-state index < -0.39 is 0 Å². The highest BCUT2D eigenvalue weighted by Crippen LogP contribution is 2.20. The first kappa shape index (κ1) is 22.7. The minimum Gasteiger partial charge on any atom is -0.335 e. The third-order valence-electron chi connectivity index (χ3n) is 6.12. The summed E-state index contributed by atoms with van der Waals surface area (Å²) in [5.74, 6) is -0.157. The van der Waals surface area contributed by atoms with E-state index in [0.717, 1.165) is 33.8 Å². The van der Waals surface area contributed by atoms with Crippen LogP contribution >= 0.6 is 0 Å². The van der Waals surface area contributed by atoms with E-state index >= 15 is 0 Å². The van der Waals surface area contributed by atoms with Crippen molar-refractivity contribution < 1.29 is 9.59 Å². The number of hydrogen-bond acceptors (Lipinski definition) is 5. The molecule has 8 nitrogen and oxygen atoms in total. The van der Waals surface area contributed by atoms with Crippen LogP contribution in [0.3, 0.4) is 0 Å². The molecule has 0 radical (unpaired) electrons. The molecule has 1 fully saturated rings. The lowest BCUT2D eigenvalue weighted by molar-refractivity contribution is -0.117. The third kappa shape index (κ3) is 4.96. The van der Waals surface area contributed by atoms with E-state index in [4.69, 9.17) is 0 Å². The molecule has 2 aromatic carbocycles. The van der Waals surface area contributed by atoms with E-state index in [9.17, 15) is 9.59 Å². The minimum atomic E-state index is -0.119. The van der Waals surface area contributed by atoms with Gasteiger partial charge in [0.25, 0.3) is 5.91 Å². The lowest BCUT2D eigenvalue weighted by atomic mass is 10.1. The molecule has 33 heavy (non-hydrogen) atoms. The highest BCUT2D eigenvalue weighted by Gasteiger charge is 2.27. The summed E-state index contributed by atoms with van der Waals surface area (Å²) in [6, 6.07) is 13.9. The lowest BCUT2D eigenvalue weighted by Crippen LogP contribution is -2.50. The van der Waals surface area contributed by atoms with Crippen LogP contribution in [0.1, 0.15) is 32.9 Å². The number of benzene rings is 2. The van der Waals surface area contributed by atoms with Crippen molar-refractivity contribution in [2.24, 2.45) is 0 Å². The fraction of sp³-hybridized carbons (Fsp3) is 0.360. The van der Waals surface area contributed by atoms with Crippen molar-refractivity contribution in [3.8, 4) is 5.69 Å². The Kier molecular flexibility index (Phi) is 6.55. The predicted octanol–water partition coefficient (Wildman–Crippen LogP) is 2.90. The molecule has 0 saturated carbocycles. The standard InChI is InChI=1S/C25H30N6O2/c1-17-7-5-10-21(15-17)31-20(4)24(27-28-31)25(33)30-13-11-29(12-14-30)16-22(32)26-23-18(2)8-6-9-19(23)3/h5-10,15H,11-14,16H2,1-4H3,(H,26,32). The Labute approximate surface area is 194 Å². The van der Waals surface area contributed by atoms with E-state index in [1.807, 2.05) is 70.2 Å². The van der Waals surface area contributed by atoms with Crippen molar-refractivity contribution in [1.82, 2.24) is 24.8 Å². The molecule has 0 atom stereocenters. The molecule has 0 aliphatic carbocycles. The minimum absolute atomic E-state index is 0.0379. The summed E-state index contributed by atoms with van der Waals surface area (Å²) in [6.07, 6.45) is 0. The van der Waals surface area contributed by atoms with E-state index in [2.05, 4.69) is 20.5 Å². The molecule has 0 bridgehead atoms. The number of piperazine rings is 1. The van der Waals surface area contributed by atoms with Gasteiger partial charge in [-0.3, -0.25) is 14.5 Å². The normalized spacial score (nSPS) is 14.4. The largest absolute Gasteiger partial charge is 0.335 e. The SMILES string of the molecule is Cc1cccc(-n2nnc(C(=O)N3CCN(CC(=O)Nc4c(C)cccc4C)CC3)c2C)c1. The summed E-state index contributed by atoms with van der Waals surface area (Å²) in [6.45, 7) is 10.5. The van der Waals surface area contributed by atoms with Crippen LogP contribution in [0.4, 0.5) is 5.69 Å². The number of rotatable bonds is 5. The van der Waals surface area contributed by atoms with Crippen LogP contribution in [-0.2, 0) is 4.79 Å². The monoisotopic (exact) mass is 446 g/mol. The Morgan fingerprint density at radius 3 is 2.27 bits per heavy atom. The number of nitrogens with zero attached hydrogens (tertiary/aromatic N) is 5. The molecule has 3 aromatic rings. The van der Waals surface area contributed by atoms with Crippen molar-refractivity contribution in [2.45, 2.75) is 27.7 Å². The van der Waals surface area contributed by atoms with Crippen LogP contribution in [0.5, 0.6) is 0 Å². The van der Waals surface area contributed by atoms with Crippen LogP contribution in [0.25, 0.3) is 5.69 Å². The van der Waals surface area contributed by atoms with E-state index in [1.54, 1.807) is 9.58 Å². The molecule has 1 N–H and O–H groups in total. The average molecular weight is 447 g/mol. The van der Waals surface area contributed by atoms with Crippen molar-refractivity contribution in [1.29, 1.82) is 0 Å². The fourth-order valence-corrected chi connectivity index (χ4v) is 4.18. The Morgan fingerprint density at radius 2 is 1.61 bits per heavy atom. The van der Waals surface area contributed by atoms with Gasteiger partial charge in [0.1, 0.15) is 0 Å². The molecule has 8 heteroatoms. The Hall–Kier alpha value is -3.52. The van der Waals surface area contributed by atoms with Gasteiger partial charge < -0.3 is 10.2 Å². The van der Waals surface area contributed by atoms with Crippen molar-refractivity contribution in [3.63, 3.8) is 0 Å². The Balaban J connectivity index is 1.34. The van der Waals surface area contributed by atoms with Crippen molar-refractivity contribution in [2.75, 3.05) is 38.0 Å². The third-order valence-corrected chi connectivity index (χ3v) is 6.12. The molecule has 2 heterocycles. The molecule has 1 aromatic heterocycles. The number of aryl methyl sites for hydroxylation is 3. The zero-order valence-corrected chi connectivity index (χ0v) is 19.6. The van der Waals surface area contributed by atoms with Crippen LogP contribution in [0.15, 0.2) is 42.5 Å². The molecule has 4 rings (SSSR count). The summed E-state index contributed by atoms with van der Waals surface area (Å²) < 4.78 is 1.70. The molecule has 1 saturated heterocycles. The first-order valence-electron chi connectivity index (χ1n) is 11.2. The van der Waals surface area contributed by atoms with Gasteiger partial charge in [-0.25, -0.2) is 4.68 Å². The maximum atomic E-state index is 13.1. The summed E-state index contributed by atoms with van der Waals surface area (Å²) in [5, 5.41) is 11.4. The smallest absolute Gasteiger partial charge is 0.276 e. The molecule has 1 aliphatic heterocycles. The zero-order chi connectivity index (χ0) is 23.5. The lowest BCUT2D eigenvalue weighted by Gasteiger charge is -2.34. The van der Waals surface area contributed by atoms with Crippen LogP contribution in [0.2, 0.25) is 0 Å². The molecule has 172 valence electrons. The number of para-hydroxylation sites is 1. The summed E-state index contributed by atoms with van der Waals surface area (Å²) in [7, 11) is 0. The summed E-state index contributed by atoms with van der Waals surface area (Å²) in [5.41, 5.74) is 6.08. The maximum Gasteiger partial charge on any atom is 0.276 e. The number of hydrogen-bond donors (Lipinski definition) is 1. The number of carbonyl (C=O) groups excluding carboxylic acids is 2. The van der Waals surface area contributed by atoms with Crippen LogP contribution in [0, 0.1) is 27.7 Å². The highest BCUT2D eigenvalue weighted by molar-refractivity contribution is 5.94. The highest BCUT2D eigenvalue weighted by atomic mass is 16.2. The second-order valence-corrected chi connectivity index (χ2v) is 8.66. The van der Waals surface area contributed by atoms with Gasteiger partial charge in [0.05, 0.1) is 17.9 Å². The molecular weight excluding hydrogens is 416 g/mol. The topological polar surface area (TPSA) is 83.4 Å². The number of nitrogens with one attached hydrogen (secondary N) is 1. The van der Waals surface area contributed by atoms with Gasteiger partial charge in [0, 0.05) is 31.9 Å². The second kappa shape index (κ2) is 9.54. The number of amides is 2. The van der Waals surface area contributed by atoms with Crippen LogP contribution < -0.4 is 5.32 Å². The van der Waals surface area contributed by atoms with Crippen molar-refractivity contribution in [3.05, 3.63) is 70.5 Å². The van der Waals surface area contributed by atoms with Crippen molar-refractivity contribution >= 4 is 17.5 Å². The molecule has 2 amide bonds.